The number of rotatable bonds is 15. The Morgan fingerprint density at radius 2 is 1.05 bits per heavy atom. The van der Waals surface area contributed by atoms with Crippen molar-refractivity contribution in [3.05, 3.63) is 0 Å². The normalized spacial score (nSPS) is 10.7. The van der Waals surface area contributed by atoms with Gasteiger partial charge >= 0.3 is 5.97 Å². The summed E-state index contributed by atoms with van der Waals surface area (Å²) in [7, 11) is 0. The first-order valence-corrected chi connectivity index (χ1v) is 8.40. The smallest absolute Gasteiger partial charge is 0.303 e. The van der Waals surface area contributed by atoms with E-state index in [1.807, 2.05) is 0 Å². The molecule has 0 aromatic carbocycles. The van der Waals surface area contributed by atoms with Crippen molar-refractivity contribution in [2.75, 3.05) is 0 Å². The van der Waals surface area contributed by atoms with Crippen LogP contribution in [0.4, 0.5) is 0 Å². The van der Waals surface area contributed by atoms with Gasteiger partial charge in [-0.25, -0.2) is 0 Å². The van der Waals surface area contributed by atoms with Gasteiger partial charge < -0.3 is 5.11 Å². The van der Waals surface area contributed by atoms with Gasteiger partial charge in [-0.3, -0.25) is 9.59 Å². The van der Waals surface area contributed by atoms with Gasteiger partial charge in [-0.05, 0) is 19.3 Å². The fourth-order valence-electron chi connectivity index (χ4n) is 2.36. The van der Waals surface area contributed by atoms with Crippen LogP contribution in [-0.4, -0.2) is 16.9 Å². The van der Waals surface area contributed by atoms with Crippen LogP contribution in [0.1, 0.15) is 96.8 Å². The first kappa shape index (κ1) is 19.1. The fraction of sp³-hybridized carbons (Fsp3) is 0.882. The van der Waals surface area contributed by atoms with Crippen LogP contribution < -0.4 is 0 Å². The molecule has 0 radical (unpaired) electrons. The van der Waals surface area contributed by atoms with Crippen molar-refractivity contribution < 1.29 is 14.7 Å². The lowest BCUT2D eigenvalue weighted by Crippen LogP contribution is -1.97. The first-order chi connectivity index (χ1) is 9.66. The lowest BCUT2D eigenvalue weighted by molar-refractivity contribution is -0.137. The van der Waals surface area contributed by atoms with E-state index in [0.717, 1.165) is 57.8 Å². The minimum absolute atomic E-state index is 0.288. The first-order valence-electron chi connectivity index (χ1n) is 8.40. The largest absolute Gasteiger partial charge is 0.481 e. The summed E-state index contributed by atoms with van der Waals surface area (Å²) in [6, 6.07) is 0. The molecule has 0 bridgehead atoms. The van der Waals surface area contributed by atoms with Crippen LogP contribution in [0.25, 0.3) is 0 Å². The van der Waals surface area contributed by atoms with Crippen LogP contribution in [0.5, 0.6) is 0 Å². The van der Waals surface area contributed by atoms with Crippen LogP contribution in [0, 0.1) is 0 Å². The lowest BCUT2D eigenvalue weighted by atomic mass is 10.0. The molecule has 0 aliphatic carbocycles. The maximum Gasteiger partial charge on any atom is 0.303 e. The standard InChI is InChI=1S/C17H32O3/c1-2-3-4-7-10-13-16(18)14-11-8-5-6-9-12-15-17(19)20/h2-15H2,1H3,(H,19,20). The van der Waals surface area contributed by atoms with E-state index in [0.29, 0.717) is 5.78 Å². The van der Waals surface area contributed by atoms with Gasteiger partial charge in [0, 0.05) is 19.3 Å². The molecule has 1 N–H and O–H groups in total. The molecule has 0 amide bonds. The molecular formula is C17H32O3. The summed E-state index contributed by atoms with van der Waals surface area (Å²) in [6.45, 7) is 2.20. The molecule has 0 rings (SSSR count). The molecule has 3 heteroatoms. The summed E-state index contributed by atoms with van der Waals surface area (Å²) in [5.41, 5.74) is 0. The Morgan fingerprint density at radius 3 is 1.50 bits per heavy atom. The minimum Gasteiger partial charge on any atom is -0.481 e. The summed E-state index contributed by atoms with van der Waals surface area (Å²) in [5.74, 6) is -0.276. The Bertz CT molecular complexity index is 249. The number of ketones is 1. The van der Waals surface area contributed by atoms with Gasteiger partial charge in [0.15, 0.2) is 0 Å². The van der Waals surface area contributed by atoms with Crippen LogP contribution >= 0.6 is 0 Å². The van der Waals surface area contributed by atoms with E-state index in [1.165, 1.54) is 25.7 Å². The fourth-order valence-corrected chi connectivity index (χ4v) is 2.36. The van der Waals surface area contributed by atoms with Crippen molar-refractivity contribution in [2.24, 2.45) is 0 Å². The van der Waals surface area contributed by atoms with E-state index in [9.17, 15) is 9.59 Å². The Balaban J connectivity index is 3.17. The quantitative estimate of drug-likeness (QED) is 0.424. The summed E-state index contributed by atoms with van der Waals surface area (Å²) in [5, 5.41) is 8.50. The molecule has 118 valence electrons. The molecule has 0 fully saturated rings. The van der Waals surface area contributed by atoms with Crippen molar-refractivity contribution in [1.82, 2.24) is 0 Å². The van der Waals surface area contributed by atoms with Gasteiger partial charge in [-0.2, -0.15) is 0 Å². The zero-order chi connectivity index (χ0) is 15.1. The Labute approximate surface area is 124 Å². The third-order valence-electron chi connectivity index (χ3n) is 3.66. The summed E-state index contributed by atoms with van der Waals surface area (Å²) < 4.78 is 0. The SMILES string of the molecule is CCCCCCCC(=O)CCCCCCCCC(=O)O. The number of carboxylic acids is 1. The number of carbonyl (C=O) groups excluding carboxylic acids is 1. The molecule has 0 heterocycles. The maximum absolute atomic E-state index is 11.6. The van der Waals surface area contributed by atoms with Gasteiger partial charge in [0.25, 0.3) is 0 Å². The third kappa shape index (κ3) is 15.2. The van der Waals surface area contributed by atoms with Gasteiger partial charge in [-0.1, -0.05) is 58.3 Å². The molecule has 0 spiro atoms. The topological polar surface area (TPSA) is 54.4 Å². The van der Waals surface area contributed by atoms with Gasteiger partial charge in [0.1, 0.15) is 5.78 Å². The average Bonchev–Trinajstić information content (AvgIpc) is 2.41. The number of carbonyl (C=O) groups is 2. The monoisotopic (exact) mass is 284 g/mol. The predicted molar refractivity (Wildman–Crippen MR) is 83.0 cm³/mol. The Hall–Kier alpha value is -0.860. The minimum atomic E-state index is -0.700. The van der Waals surface area contributed by atoms with Crippen LogP contribution in [-0.2, 0) is 9.59 Å². The predicted octanol–water partition coefficient (Wildman–Crippen LogP) is 5.12. The molecule has 3 nitrogen and oxygen atoms in total. The van der Waals surface area contributed by atoms with Gasteiger partial charge in [0.2, 0.25) is 0 Å². The van der Waals surface area contributed by atoms with E-state index >= 15 is 0 Å². The van der Waals surface area contributed by atoms with Crippen LogP contribution in [0.15, 0.2) is 0 Å². The highest BCUT2D eigenvalue weighted by Gasteiger charge is 2.02. The Morgan fingerprint density at radius 1 is 0.650 bits per heavy atom. The molecule has 0 aliphatic rings. The highest BCUT2D eigenvalue weighted by Crippen LogP contribution is 2.11. The molecule has 0 saturated carbocycles. The number of hydrogen-bond donors (Lipinski definition) is 1. The second-order valence-electron chi connectivity index (χ2n) is 5.72. The van der Waals surface area contributed by atoms with Gasteiger partial charge in [0.05, 0.1) is 0 Å². The van der Waals surface area contributed by atoms with E-state index in [-0.39, 0.29) is 6.42 Å². The molecule has 0 atom stereocenters. The third-order valence-corrected chi connectivity index (χ3v) is 3.66. The zero-order valence-corrected chi connectivity index (χ0v) is 13.2. The average molecular weight is 284 g/mol. The number of Topliss-reactive ketones (excluding diaryl/α,β-unsaturated/α-hetero) is 1. The van der Waals surface area contributed by atoms with E-state index in [4.69, 9.17) is 5.11 Å². The van der Waals surface area contributed by atoms with Crippen LogP contribution in [0.3, 0.4) is 0 Å². The molecule has 0 aliphatic heterocycles. The number of hydrogen-bond acceptors (Lipinski definition) is 2. The summed E-state index contributed by atoms with van der Waals surface area (Å²) in [6.07, 6.45) is 14.0. The van der Waals surface area contributed by atoms with Crippen molar-refractivity contribution in [3.63, 3.8) is 0 Å². The molecule has 0 aromatic rings. The lowest BCUT2D eigenvalue weighted by Gasteiger charge is -2.02. The summed E-state index contributed by atoms with van der Waals surface area (Å²) in [4.78, 5) is 21.9. The number of carboxylic acid groups (broad SMARTS) is 1. The van der Waals surface area contributed by atoms with Crippen molar-refractivity contribution >= 4 is 11.8 Å². The molecule has 0 unspecified atom stereocenters. The van der Waals surface area contributed by atoms with Crippen molar-refractivity contribution in [1.29, 1.82) is 0 Å². The Kier molecular flexibility index (Phi) is 13.9. The molecule has 20 heavy (non-hydrogen) atoms. The second-order valence-corrected chi connectivity index (χ2v) is 5.72. The van der Waals surface area contributed by atoms with Crippen molar-refractivity contribution in [2.45, 2.75) is 96.8 Å². The molecular weight excluding hydrogens is 252 g/mol. The highest BCUT2D eigenvalue weighted by molar-refractivity contribution is 5.78. The van der Waals surface area contributed by atoms with Crippen LogP contribution in [0.2, 0.25) is 0 Å². The van der Waals surface area contributed by atoms with E-state index in [2.05, 4.69) is 6.92 Å². The van der Waals surface area contributed by atoms with E-state index < -0.39 is 5.97 Å². The maximum atomic E-state index is 11.6. The highest BCUT2D eigenvalue weighted by atomic mass is 16.4. The zero-order valence-electron chi connectivity index (χ0n) is 13.2. The number of unbranched alkanes of at least 4 members (excludes halogenated alkanes) is 9. The number of aliphatic carboxylic acids is 1. The second kappa shape index (κ2) is 14.5. The van der Waals surface area contributed by atoms with E-state index in [1.54, 1.807) is 0 Å². The van der Waals surface area contributed by atoms with Gasteiger partial charge in [-0.15, -0.1) is 0 Å². The molecule has 0 aromatic heterocycles. The summed E-state index contributed by atoms with van der Waals surface area (Å²) >= 11 is 0. The van der Waals surface area contributed by atoms with Crippen molar-refractivity contribution in [3.8, 4) is 0 Å². The molecule has 0 saturated heterocycles.